The van der Waals surface area contributed by atoms with E-state index in [1.54, 1.807) is 22.4 Å². The minimum Gasteiger partial charge on any atom is -0.507 e. The summed E-state index contributed by atoms with van der Waals surface area (Å²) in [6.45, 7) is 6.24. The molecule has 1 fully saturated rings. The third kappa shape index (κ3) is 5.39. The van der Waals surface area contributed by atoms with Crippen LogP contribution < -0.4 is 5.56 Å². The van der Waals surface area contributed by atoms with Crippen molar-refractivity contribution >= 4 is 11.8 Å². The van der Waals surface area contributed by atoms with Crippen molar-refractivity contribution in [3.63, 3.8) is 0 Å². The van der Waals surface area contributed by atoms with Crippen LogP contribution in [-0.4, -0.2) is 70.2 Å². The summed E-state index contributed by atoms with van der Waals surface area (Å²) in [6, 6.07) is 19.6. The summed E-state index contributed by atoms with van der Waals surface area (Å²) in [5.74, 6) is 0.0449. The summed E-state index contributed by atoms with van der Waals surface area (Å²) in [5.41, 5.74) is 3.05. The summed E-state index contributed by atoms with van der Waals surface area (Å²) < 4.78 is 1.76. The Morgan fingerprint density at radius 2 is 1.68 bits per heavy atom. The van der Waals surface area contributed by atoms with E-state index in [9.17, 15) is 15.0 Å². The van der Waals surface area contributed by atoms with Crippen molar-refractivity contribution in [1.29, 1.82) is 0 Å². The molecule has 34 heavy (non-hydrogen) atoms. The molecule has 2 heterocycles. The van der Waals surface area contributed by atoms with E-state index in [0.29, 0.717) is 18.7 Å². The molecule has 0 spiro atoms. The highest BCUT2D eigenvalue weighted by molar-refractivity contribution is 7.98. The average Bonchev–Trinajstić information content (AvgIpc) is 2.86. The number of hydrogen-bond acceptors (Lipinski definition) is 6. The van der Waals surface area contributed by atoms with Crippen molar-refractivity contribution in [2.75, 3.05) is 45.6 Å². The van der Waals surface area contributed by atoms with Crippen LogP contribution in [0.1, 0.15) is 28.4 Å². The summed E-state index contributed by atoms with van der Waals surface area (Å²) in [6.07, 6.45) is 2.04. The maximum Gasteiger partial charge on any atom is 0.259 e. The van der Waals surface area contributed by atoms with Crippen LogP contribution in [0, 0.1) is 6.92 Å². The third-order valence-corrected chi connectivity index (χ3v) is 7.34. The van der Waals surface area contributed by atoms with E-state index < -0.39 is 0 Å². The van der Waals surface area contributed by atoms with Crippen LogP contribution in [0.3, 0.4) is 0 Å². The fraction of sp³-hybridized carbons (Fsp3) is 0.370. The molecule has 1 atom stereocenters. The van der Waals surface area contributed by atoms with Gasteiger partial charge in [-0.2, -0.15) is 0 Å². The number of rotatable bonds is 8. The van der Waals surface area contributed by atoms with Gasteiger partial charge in [-0.25, -0.2) is 0 Å². The van der Waals surface area contributed by atoms with Gasteiger partial charge in [-0.15, -0.1) is 11.8 Å². The Bertz CT molecular complexity index is 1140. The van der Waals surface area contributed by atoms with Gasteiger partial charge in [-0.05, 0) is 42.5 Å². The Kier molecular flexibility index (Phi) is 8.11. The van der Waals surface area contributed by atoms with E-state index >= 15 is 0 Å². The first kappa shape index (κ1) is 24.5. The van der Waals surface area contributed by atoms with Crippen LogP contribution in [0.5, 0.6) is 5.75 Å². The van der Waals surface area contributed by atoms with Crippen molar-refractivity contribution in [1.82, 2.24) is 14.4 Å². The van der Waals surface area contributed by atoms with Gasteiger partial charge in [-0.3, -0.25) is 14.6 Å². The van der Waals surface area contributed by atoms with E-state index in [2.05, 4.69) is 34.1 Å². The SMILES string of the molecule is CSc1ccc(C(c2c(O)cc(C)n(Cc3ccccc3)c2=O)N2CCN(CCO)CC2)cc1. The summed E-state index contributed by atoms with van der Waals surface area (Å²) in [4.78, 5) is 19.6. The zero-order chi connectivity index (χ0) is 24.1. The van der Waals surface area contributed by atoms with Crippen molar-refractivity contribution < 1.29 is 10.2 Å². The molecule has 6 nitrogen and oxygen atoms in total. The fourth-order valence-electron chi connectivity index (χ4n) is 4.72. The monoisotopic (exact) mass is 479 g/mol. The number of nitrogens with zero attached hydrogens (tertiary/aromatic N) is 3. The summed E-state index contributed by atoms with van der Waals surface area (Å²) in [5, 5.41) is 20.4. The molecule has 1 aromatic heterocycles. The van der Waals surface area contributed by atoms with Gasteiger partial charge in [0.25, 0.3) is 5.56 Å². The van der Waals surface area contributed by atoms with E-state index in [1.165, 1.54) is 0 Å². The predicted octanol–water partition coefficient (Wildman–Crippen LogP) is 3.33. The molecule has 180 valence electrons. The minimum atomic E-state index is -0.345. The van der Waals surface area contributed by atoms with Crippen LogP contribution in [-0.2, 0) is 6.54 Å². The maximum atomic E-state index is 13.9. The van der Waals surface area contributed by atoms with Crippen LogP contribution in [0.25, 0.3) is 0 Å². The topological polar surface area (TPSA) is 68.9 Å². The van der Waals surface area contributed by atoms with Gasteiger partial charge in [0, 0.05) is 43.3 Å². The van der Waals surface area contributed by atoms with Crippen LogP contribution in [0.4, 0.5) is 0 Å². The molecule has 0 saturated carbocycles. The van der Waals surface area contributed by atoms with Gasteiger partial charge in [0.05, 0.1) is 24.8 Å². The molecule has 1 saturated heterocycles. The molecule has 1 aliphatic heterocycles. The second-order valence-electron chi connectivity index (χ2n) is 8.74. The number of aliphatic hydroxyl groups is 1. The Balaban J connectivity index is 1.77. The molecular formula is C27H33N3O3S. The van der Waals surface area contributed by atoms with Gasteiger partial charge >= 0.3 is 0 Å². The lowest BCUT2D eigenvalue weighted by Gasteiger charge is -2.39. The molecule has 0 aliphatic carbocycles. The first-order valence-corrected chi connectivity index (χ1v) is 12.9. The molecule has 2 N–H and O–H groups in total. The number of piperazine rings is 1. The number of aliphatic hydroxyl groups excluding tert-OH is 1. The number of aromatic nitrogens is 1. The lowest BCUT2D eigenvalue weighted by atomic mass is 9.96. The second-order valence-corrected chi connectivity index (χ2v) is 9.62. The molecule has 0 radical (unpaired) electrons. The Hall–Kier alpha value is -2.58. The molecule has 2 aromatic carbocycles. The number of aromatic hydroxyl groups is 1. The van der Waals surface area contributed by atoms with E-state index in [1.807, 2.05) is 43.5 Å². The quantitative estimate of drug-likeness (QED) is 0.483. The largest absolute Gasteiger partial charge is 0.507 e. The minimum absolute atomic E-state index is 0.0449. The van der Waals surface area contributed by atoms with Gasteiger partial charge in [0.1, 0.15) is 5.75 Å². The Morgan fingerprint density at radius 3 is 2.29 bits per heavy atom. The third-order valence-electron chi connectivity index (χ3n) is 6.60. The highest BCUT2D eigenvalue weighted by atomic mass is 32.2. The normalized spacial score (nSPS) is 16.0. The highest BCUT2D eigenvalue weighted by Crippen LogP contribution is 2.34. The van der Waals surface area contributed by atoms with Crippen LogP contribution in [0.15, 0.2) is 70.4 Å². The number of hydrogen-bond donors (Lipinski definition) is 2. The van der Waals surface area contributed by atoms with Crippen LogP contribution >= 0.6 is 11.8 Å². The smallest absolute Gasteiger partial charge is 0.259 e. The maximum absolute atomic E-state index is 13.9. The van der Waals surface area contributed by atoms with Crippen molar-refractivity contribution in [2.24, 2.45) is 0 Å². The molecule has 1 unspecified atom stereocenters. The first-order chi connectivity index (χ1) is 16.5. The average molecular weight is 480 g/mol. The van der Waals surface area contributed by atoms with Crippen molar-refractivity contribution in [3.05, 3.63) is 93.4 Å². The second kappa shape index (κ2) is 11.2. The lowest BCUT2D eigenvalue weighted by molar-refractivity contribution is 0.0932. The van der Waals surface area contributed by atoms with Gasteiger partial charge in [0.2, 0.25) is 0 Å². The fourth-order valence-corrected chi connectivity index (χ4v) is 5.13. The number of aryl methyl sites for hydroxylation is 1. The van der Waals surface area contributed by atoms with Gasteiger partial charge < -0.3 is 14.8 Å². The number of β-amino-alcohol motifs (C(OH)–C–C–N with tert-alkyl or cyclic N) is 1. The van der Waals surface area contributed by atoms with Crippen LogP contribution in [0.2, 0.25) is 0 Å². The highest BCUT2D eigenvalue weighted by Gasteiger charge is 2.31. The van der Waals surface area contributed by atoms with E-state index in [4.69, 9.17) is 0 Å². The zero-order valence-electron chi connectivity index (χ0n) is 19.9. The zero-order valence-corrected chi connectivity index (χ0v) is 20.7. The standard InChI is InChI=1S/C27H33N3O3S/c1-20-18-24(32)25(27(33)30(20)19-21-6-4-3-5-7-21)26(22-8-10-23(34-2)11-9-22)29-14-12-28(13-15-29)16-17-31/h3-11,18,26,31-32H,12-17,19H2,1-2H3. The summed E-state index contributed by atoms with van der Waals surface area (Å²) in [7, 11) is 0. The van der Waals surface area contributed by atoms with Gasteiger partial charge in [0.15, 0.2) is 0 Å². The predicted molar refractivity (Wildman–Crippen MR) is 138 cm³/mol. The lowest BCUT2D eigenvalue weighted by Crippen LogP contribution is -2.49. The van der Waals surface area contributed by atoms with E-state index in [0.717, 1.165) is 47.9 Å². The molecule has 4 rings (SSSR count). The number of pyridine rings is 1. The molecule has 0 bridgehead atoms. The number of thioether (sulfide) groups is 1. The molecule has 1 aliphatic rings. The number of benzene rings is 2. The van der Waals surface area contributed by atoms with Gasteiger partial charge in [-0.1, -0.05) is 42.5 Å². The molecule has 3 aromatic rings. The van der Waals surface area contributed by atoms with Crippen molar-refractivity contribution in [2.45, 2.75) is 24.4 Å². The van der Waals surface area contributed by atoms with Crippen molar-refractivity contribution in [3.8, 4) is 5.75 Å². The van der Waals surface area contributed by atoms with E-state index in [-0.39, 0.29) is 24.0 Å². The molecule has 7 heteroatoms. The molecule has 0 amide bonds. The summed E-state index contributed by atoms with van der Waals surface area (Å²) >= 11 is 1.68. The molecular weight excluding hydrogens is 446 g/mol. The Labute approximate surface area is 205 Å². The Morgan fingerprint density at radius 1 is 1.00 bits per heavy atom. The first-order valence-electron chi connectivity index (χ1n) is 11.7.